The number of nitrogens with one attached hydrogen (secondary N) is 1. The van der Waals surface area contributed by atoms with Crippen molar-refractivity contribution in [2.24, 2.45) is 0 Å². The van der Waals surface area contributed by atoms with Gasteiger partial charge >= 0.3 is 0 Å². The highest BCUT2D eigenvalue weighted by atomic mass is 35.5. The van der Waals surface area contributed by atoms with E-state index < -0.39 is 0 Å². The van der Waals surface area contributed by atoms with E-state index in [0.717, 1.165) is 46.0 Å². The summed E-state index contributed by atoms with van der Waals surface area (Å²) in [6.45, 7) is 5.78. The fourth-order valence-corrected chi connectivity index (χ4v) is 2.46. The van der Waals surface area contributed by atoms with Gasteiger partial charge in [0.25, 0.3) is 0 Å². The number of halogens is 1. The molecule has 0 fully saturated rings. The molecule has 0 aliphatic carbocycles. The molecule has 19 heavy (non-hydrogen) atoms. The first kappa shape index (κ1) is 14.1. The molecule has 4 heteroatoms. The van der Waals surface area contributed by atoms with E-state index in [0.29, 0.717) is 0 Å². The third-order valence-corrected chi connectivity index (χ3v) is 3.71. The SMILES string of the molecule is CCNCc1c(C)nc2ccc(N(C)C)cc2c1Cl. The summed E-state index contributed by atoms with van der Waals surface area (Å²) in [7, 11) is 4.05. The van der Waals surface area contributed by atoms with Gasteiger partial charge in [0, 0.05) is 43.0 Å². The second-order valence-corrected chi connectivity index (χ2v) is 5.24. The fourth-order valence-electron chi connectivity index (χ4n) is 2.10. The normalized spacial score (nSPS) is 11.0. The van der Waals surface area contributed by atoms with E-state index >= 15 is 0 Å². The molecule has 0 saturated carbocycles. The molecule has 2 rings (SSSR count). The van der Waals surface area contributed by atoms with Crippen LogP contribution in [0.4, 0.5) is 5.69 Å². The van der Waals surface area contributed by atoms with Gasteiger partial charge in [-0.25, -0.2) is 0 Å². The number of hydrogen-bond acceptors (Lipinski definition) is 3. The van der Waals surface area contributed by atoms with Crippen LogP contribution in [0.15, 0.2) is 18.2 Å². The van der Waals surface area contributed by atoms with Gasteiger partial charge in [-0.15, -0.1) is 0 Å². The van der Waals surface area contributed by atoms with Crippen LogP contribution in [0.1, 0.15) is 18.2 Å². The lowest BCUT2D eigenvalue weighted by atomic mass is 10.1. The van der Waals surface area contributed by atoms with Crippen molar-refractivity contribution in [1.82, 2.24) is 10.3 Å². The van der Waals surface area contributed by atoms with E-state index in [9.17, 15) is 0 Å². The van der Waals surface area contributed by atoms with Crippen LogP contribution in [0, 0.1) is 6.92 Å². The Morgan fingerprint density at radius 2 is 2.05 bits per heavy atom. The monoisotopic (exact) mass is 277 g/mol. The molecule has 3 nitrogen and oxygen atoms in total. The topological polar surface area (TPSA) is 28.2 Å². The highest BCUT2D eigenvalue weighted by Gasteiger charge is 2.11. The summed E-state index contributed by atoms with van der Waals surface area (Å²) in [4.78, 5) is 6.72. The largest absolute Gasteiger partial charge is 0.378 e. The van der Waals surface area contributed by atoms with Crippen molar-refractivity contribution in [1.29, 1.82) is 0 Å². The average molecular weight is 278 g/mol. The zero-order valence-electron chi connectivity index (χ0n) is 11.9. The third kappa shape index (κ3) is 2.82. The highest BCUT2D eigenvalue weighted by molar-refractivity contribution is 6.36. The average Bonchev–Trinajstić information content (AvgIpc) is 2.38. The second-order valence-electron chi connectivity index (χ2n) is 4.87. The summed E-state index contributed by atoms with van der Waals surface area (Å²) in [5, 5.41) is 5.15. The molecule has 0 bridgehead atoms. The molecule has 0 aliphatic heterocycles. The van der Waals surface area contributed by atoms with Gasteiger partial charge in [-0.2, -0.15) is 0 Å². The van der Waals surface area contributed by atoms with Crippen molar-refractivity contribution in [3.05, 3.63) is 34.5 Å². The quantitative estimate of drug-likeness (QED) is 0.929. The standard InChI is InChI=1S/C15H20ClN3/c1-5-17-9-13-10(2)18-14-7-6-11(19(3)4)8-12(14)15(13)16/h6-8,17H,5,9H2,1-4H3. The maximum atomic E-state index is 6.56. The Kier molecular flexibility index (Phi) is 4.27. The first-order valence-corrected chi connectivity index (χ1v) is 6.89. The highest BCUT2D eigenvalue weighted by Crippen LogP contribution is 2.30. The second kappa shape index (κ2) is 5.76. The molecule has 1 aromatic carbocycles. The Labute approximate surface area is 119 Å². The van der Waals surface area contributed by atoms with Gasteiger partial charge in [0.15, 0.2) is 0 Å². The van der Waals surface area contributed by atoms with Crippen LogP contribution in [0.25, 0.3) is 10.9 Å². The number of aromatic nitrogens is 1. The van der Waals surface area contributed by atoms with Crippen molar-refractivity contribution in [3.63, 3.8) is 0 Å². The van der Waals surface area contributed by atoms with Crippen LogP contribution in [-0.2, 0) is 6.54 Å². The molecule has 102 valence electrons. The van der Waals surface area contributed by atoms with Gasteiger partial charge in [0.05, 0.1) is 10.5 Å². The van der Waals surface area contributed by atoms with Crippen LogP contribution in [0.5, 0.6) is 0 Å². The van der Waals surface area contributed by atoms with Crippen LogP contribution < -0.4 is 10.2 Å². The summed E-state index contributed by atoms with van der Waals surface area (Å²) in [6, 6.07) is 6.19. The van der Waals surface area contributed by atoms with Gasteiger partial charge in [-0.1, -0.05) is 18.5 Å². The molecule has 0 spiro atoms. The number of aryl methyl sites for hydroxylation is 1. The molecular weight excluding hydrogens is 258 g/mol. The summed E-state index contributed by atoms with van der Waals surface area (Å²) >= 11 is 6.56. The van der Waals surface area contributed by atoms with Crippen molar-refractivity contribution < 1.29 is 0 Å². The number of nitrogens with zero attached hydrogens (tertiary/aromatic N) is 2. The van der Waals surface area contributed by atoms with Crippen LogP contribution in [0.3, 0.4) is 0 Å². The number of pyridine rings is 1. The molecule has 1 N–H and O–H groups in total. The van der Waals surface area contributed by atoms with E-state index in [1.54, 1.807) is 0 Å². The van der Waals surface area contributed by atoms with E-state index in [4.69, 9.17) is 11.6 Å². The van der Waals surface area contributed by atoms with Gasteiger partial charge in [-0.3, -0.25) is 4.98 Å². The zero-order valence-corrected chi connectivity index (χ0v) is 12.7. The van der Waals surface area contributed by atoms with Gasteiger partial charge in [0.2, 0.25) is 0 Å². The summed E-state index contributed by atoms with van der Waals surface area (Å²) in [5.41, 5.74) is 4.17. The molecule has 0 radical (unpaired) electrons. The maximum Gasteiger partial charge on any atom is 0.0721 e. The number of anilines is 1. The predicted molar refractivity (Wildman–Crippen MR) is 83.2 cm³/mol. The first-order chi connectivity index (χ1) is 9.04. The van der Waals surface area contributed by atoms with Gasteiger partial charge in [0.1, 0.15) is 0 Å². The molecule has 2 aromatic rings. The number of rotatable bonds is 4. The number of fused-ring (bicyclic) bond motifs is 1. The molecule has 1 aromatic heterocycles. The lowest BCUT2D eigenvalue weighted by molar-refractivity contribution is 0.721. The Bertz CT molecular complexity index is 593. The maximum absolute atomic E-state index is 6.56. The minimum absolute atomic E-state index is 0.760. The van der Waals surface area contributed by atoms with E-state index in [1.165, 1.54) is 0 Å². The molecule has 0 saturated heterocycles. The fraction of sp³-hybridized carbons (Fsp3) is 0.400. The minimum Gasteiger partial charge on any atom is -0.378 e. The Balaban J connectivity index is 2.59. The van der Waals surface area contributed by atoms with Crippen LogP contribution in [-0.4, -0.2) is 25.6 Å². The first-order valence-electron chi connectivity index (χ1n) is 6.51. The molecular formula is C15H20ClN3. The van der Waals surface area contributed by atoms with Crippen LogP contribution in [0.2, 0.25) is 5.02 Å². The third-order valence-electron chi connectivity index (χ3n) is 3.27. The summed E-state index contributed by atoms with van der Waals surface area (Å²) < 4.78 is 0. The van der Waals surface area contributed by atoms with Crippen molar-refractivity contribution in [3.8, 4) is 0 Å². The van der Waals surface area contributed by atoms with Crippen molar-refractivity contribution in [2.45, 2.75) is 20.4 Å². The Hall–Kier alpha value is -1.32. The molecule has 0 atom stereocenters. The smallest absolute Gasteiger partial charge is 0.0721 e. The summed E-state index contributed by atoms with van der Waals surface area (Å²) in [5.74, 6) is 0. The number of hydrogen-bond donors (Lipinski definition) is 1. The minimum atomic E-state index is 0.760. The Morgan fingerprint density at radius 1 is 1.32 bits per heavy atom. The van der Waals surface area contributed by atoms with Gasteiger partial charge < -0.3 is 10.2 Å². The molecule has 0 aliphatic rings. The lowest BCUT2D eigenvalue weighted by Crippen LogP contribution is -2.14. The molecule has 1 heterocycles. The van der Waals surface area contributed by atoms with E-state index in [-0.39, 0.29) is 0 Å². The van der Waals surface area contributed by atoms with E-state index in [1.807, 2.05) is 27.1 Å². The molecule has 0 amide bonds. The predicted octanol–water partition coefficient (Wildman–Crippen LogP) is 3.37. The van der Waals surface area contributed by atoms with Crippen molar-refractivity contribution >= 4 is 28.2 Å². The molecule has 0 unspecified atom stereocenters. The van der Waals surface area contributed by atoms with Gasteiger partial charge in [-0.05, 0) is 31.7 Å². The summed E-state index contributed by atoms with van der Waals surface area (Å²) in [6.07, 6.45) is 0. The number of benzene rings is 1. The lowest BCUT2D eigenvalue weighted by Gasteiger charge is -2.15. The zero-order chi connectivity index (χ0) is 14.0. The van der Waals surface area contributed by atoms with E-state index in [2.05, 4.69) is 34.3 Å². The van der Waals surface area contributed by atoms with Crippen molar-refractivity contribution in [2.75, 3.05) is 25.5 Å². The van der Waals surface area contributed by atoms with Crippen LogP contribution >= 0.6 is 11.6 Å². The Morgan fingerprint density at radius 3 is 2.68 bits per heavy atom.